The van der Waals surface area contributed by atoms with Crippen molar-refractivity contribution in [1.29, 1.82) is 0 Å². The molecule has 0 aromatic heterocycles. The van der Waals surface area contributed by atoms with Crippen LogP contribution in [0.25, 0.3) is 0 Å². The second kappa shape index (κ2) is 10.6. The van der Waals surface area contributed by atoms with E-state index in [0.717, 1.165) is 0 Å². The summed E-state index contributed by atoms with van der Waals surface area (Å²) in [5.41, 5.74) is 3.12. The number of rotatable bonds is 7. The number of allylic oxidation sites excluding steroid dienone is 2. The van der Waals surface area contributed by atoms with Gasteiger partial charge in [0.25, 0.3) is 0 Å². The fourth-order valence-electron chi connectivity index (χ4n) is 4.13. The Hall–Kier alpha value is -3.58. The minimum atomic E-state index is -1.05. The molecule has 178 valence electrons. The Morgan fingerprint density at radius 2 is 1.32 bits per heavy atom. The Kier molecular flexibility index (Phi) is 7.79. The van der Waals surface area contributed by atoms with Crippen LogP contribution in [0.15, 0.2) is 71.1 Å². The molecule has 0 saturated heterocycles. The van der Waals surface area contributed by atoms with Gasteiger partial charge in [-0.2, -0.15) is 0 Å². The third-order valence-corrected chi connectivity index (χ3v) is 5.85. The third kappa shape index (κ3) is 4.84. The van der Waals surface area contributed by atoms with Crippen LogP contribution in [0.1, 0.15) is 49.5 Å². The number of esters is 2. The lowest BCUT2D eigenvalue weighted by atomic mass is 9.79. The van der Waals surface area contributed by atoms with Crippen LogP contribution in [0, 0.1) is 0 Å². The van der Waals surface area contributed by atoms with E-state index in [1.54, 1.807) is 69.0 Å². The van der Waals surface area contributed by atoms with Gasteiger partial charge >= 0.3 is 17.9 Å². The minimum absolute atomic E-state index is 0.124. The summed E-state index contributed by atoms with van der Waals surface area (Å²) < 4.78 is 10.8. The lowest BCUT2D eigenvalue weighted by Crippen LogP contribution is -2.35. The highest BCUT2D eigenvalue weighted by Crippen LogP contribution is 2.44. The highest BCUT2D eigenvalue weighted by molar-refractivity contribution is 6.30. The number of carboxylic acid groups (broad SMARTS) is 1. The van der Waals surface area contributed by atoms with Gasteiger partial charge in [-0.15, -0.1) is 0 Å². The Balaban J connectivity index is 2.29. The summed E-state index contributed by atoms with van der Waals surface area (Å²) in [4.78, 5) is 39.5. The van der Waals surface area contributed by atoms with E-state index < -0.39 is 23.8 Å². The first-order valence-electron chi connectivity index (χ1n) is 10.9. The van der Waals surface area contributed by atoms with E-state index in [4.69, 9.17) is 21.1 Å². The summed E-state index contributed by atoms with van der Waals surface area (Å²) >= 11 is 6.09. The lowest BCUT2D eigenvalue weighted by molar-refractivity contribution is -0.139. The van der Waals surface area contributed by atoms with Crippen LogP contribution in [-0.2, 0) is 19.1 Å². The van der Waals surface area contributed by atoms with Crippen molar-refractivity contribution >= 4 is 35.2 Å². The van der Waals surface area contributed by atoms with Gasteiger partial charge in [0, 0.05) is 22.1 Å². The van der Waals surface area contributed by atoms with Gasteiger partial charge in [0.05, 0.1) is 35.8 Å². The van der Waals surface area contributed by atoms with Gasteiger partial charge in [-0.25, -0.2) is 14.4 Å². The van der Waals surface area contributed by atoms with E-state index in [0.29, 0.717) is 38.8 Å². The van der Waals surface area contributed by atoms with Crippen molar-refractivity contribution in [2.75, 3.05) is 18.1 Å². The Labute approximate surface area is 203 Å². The molecule has 0 amide bonds. The van der Waals surface area contributed by atoms with Gasteiger partial charge in [-0.1, -0.05) is 23.7 Å². The van der Waals surface area contributed by atoms with Crippen molar-refractivity contribution in [3.63, 3.8) is 0 Å². The number of hydrogen-bond acceptors (Lipinski definition) is 6. The normalized spacial score (nSPS) is 14.3. The first-order valence-corrected chi connectivity index (χ1v) is 11.2. The van der Waals surface area contributed by atoms with Crippen molar-refractivity contribution in [3.05, 3.63) is 87.2 Å². The molecular weight excluding hydrogens is 458 g/mol. The first-order chi connectivity index (χ1) is 16.2. The van der Waals surface area contributed by atoms with Crippen LogP contribution in [0.4, 0.5) is 5.69 Å². The topological polar surface area (TPSA) is 93.1 Å². The predicted octanol–water partition coefficient (Wildman–Crippen LogP) is 5.32. The lowest BCUT2D eigenvalue weighted by Gasteiger charge is -2.38. The quantitative estimate of drug-likeness (QED) is 0.533. The summed E-state index contributed by atoms with van der Waals surface area (Å²) in [6.45, 7) is 7.28. The molecule has 0 spiro atoms. The standard InChI is InChI=1S/C26H26ClNO6/c1-5-33-25(31)21-15(3)28(20-13-9-18(10-14-20)24(29)30)16(4)22(26(32)34-6-2)23(21)17-7-11-19(27)12-8-17/h7-14,23H,5-6H2,1-4H3,(H,29,30). The number of ether oxygens (including phenoxy) is 2. The molecule has 0 atom stereocenters. The van der Waals surface area contributed by atoms with Crippen LogP contribution >= 0.6 is 11.6 Å². The van der Waals surface area contributed by atoms with Crippen LogP contribution < -0.4 is 4.90 Å². The second-order valence-corrected chi connectivity index (χ2v) is 8.05. The summed E-state index contributed by atoms with van der Waals surface area (Å²) in [5.74, 6) is -2.89. The molecule has 1 aliphatic heterocycles. The highest BCUT2D eigenvalue weighted by atomic mass is 35.5. The van der Waals surface area contributed by atoms with Crippen LogP contribution in [0.3, 0.4) is 0 Å². The number of hydrogen-bond donors (Lipinski definition) is 1. The molecule has 3 rings (SSSR count). The average molecular weight is 484 g/mol. The number of carbonyl (C=O) groups excluding carboxylic acids is 2. The van der Waals surface area contributed by atoms with Crippen LogP contribution in [-0.4, -0.2) is 36.2 Å². The van der Waals surface area contributed by atoms with E-state index >= 15 is 0 Å². The van der Waals surface area contributed by atoms with E-state index in [-0.39, 0.29) is 18.8 Å². The van der Waals surface area contributed by atoms with Crippen molar-refractivity contribution in [2.24, 2.45) is 0 Å². The summed E-state index contributed by atoms with van der Waals surface area (Å²) in [6, 6.07) is 13.1. The fourth-order valence-corrected chi connectivity index (χ4v) is 4.26. The molecule has 34 heavy (non-hydrogen) atoms. The Bertz CT molecular complexity index is 1120. The monoisotopic (exact) mass is 483 g/mol. The molecule has 8 heteroatoms. The fraction of sp³-hybridized carbons (Fsp3) is 0.269. The third-order valence-electron chi connectivity index (χ3n) is 5.59. The van der Waals surface area contributed by atoms with Crippen LogP contribution in [0.2, 0.25) is 5.02 Å². The molecule has 0 aliphatic carbocycles. The summed E-state index contributed by atoms with van der Waals surface area (Å²) in [7, 11) is 0. The van der Waals surface area contributed by atoms with Crippen molar-refractivity contribution < 1.29 is 29.0 Å². The number of carboxylic acids is 1. The molecule has 0 radical (unpaired) electrons. The van der Waals surface area contributed by atoms with Crippen molar-refractivity contribution in [1.82, 2.24) is 0 Å². The SMILES string of the molecule is CCOC(=O)C1=C(C)N(c2ccc(C(=O)O)cc2)C(C)=C(C(=O)OCC)C1c1ccc(Cl)cc1. The molecular formula is C26H26ClNO6. The van der Waals surface area contributed by atoms with E-state index in [1.165, 1.54) is 12.1 Å². The molecule has 2 aromatic rings. The maximum Gasteiger partial charge on any atom is 0.336 e. The van der Waals surface area contributed by atoms with Gasteiger partial charge in [0.2, 0.25) is 0 Å². The van der Waals surface area contributed by atoms with E-state index in [2.05, 4.69) is 0 Å². The second-order valence-electron chi connectivity index (χ2n) is 7.61. The first kappa shape index (κ1) is 25.1. The zero-order valence-corrected chi connectivity index (χ0v) is 20.2. The Morgan fingerprint density at radius 1 is 0.853 bits per heavy atom. The van der Waals surface area contributed by atoms with E-state index in [9.17, 15) is 19.5 Å². The van der Waals surface area contributed by atoms with Crippen molar-refractivity contribution in [2.45, 2.75) is 33.6 Å². The molecule has 0 saturated carbocycles. The molecule has 1 heterocycles. The largest absolute Gasteiger partial charge is 0.478 e. The summed E-state index contributed by atoms with van der Waals surface area (Å²) in [5, 5.41) is 9.78. The predicted molar refractivity (Wildman–Crippen MR) is 129 cm³/mol. The maximum atomic E-state index is 13.2. The zero-order chi connectivity index (χ0) is 25.0. The molecule has 0 unspecified atom stereocenters. The molecule has 7 nitrogen and oxygen atoms in total. The smallest absolute Gasteiger partial charge is 0.336 e. The molecule has 2 aromatic carbocycles. The highest BCUT2D eigenvalue weighted by Gasteiger charge is 2.41. The average Bonchev–Trinajstić information content (AvgIpc) is 2.79. The number of benzene rings is 2. The van der Waals surface area contributed by atoms with Gasteiger partial charge in [-0.3, -0.25) is 0 Å². The zero-order valence-electron chi connectivity index (χ0n) is 19.4. The number of anilines is 1. The van der Waals surface area contributed by atoms with E-state index in [1.807, 2.05) is 0 Å². The molecule has 1 N–H and O–H groups in total. The number of aromatic carboxylic acids is 1. The molecule has 0 fully saturated rings. The molecule has 1 aliphatic rings. The number of nitrogens with zero attached hydrogens (tertiary/aromatic N) is 1. The molecule has 0 bridgehead atoms. The minimum Gasteiger partial charge on any atom is -0.478 e. The van der Waals surface area contributed by atoms with Crippen molar-refractivity contribution in [3.8, 4) is 0 Å². The number of carbonyl (C=O) groups is 3. The van der Waals surface area contributed by atoms with Gasteiger partial charge in [0.15, 0.2) is 0 Å². The van der Waals surface area contributed by atoms with Gasteiger partial charge < -0.3 is 19.5 Å². The van der Waals surface area contributed by atoms with Gasteiger partial charge in [-0.05, 0) is 69.7 Å². The Morgan fingerprint density at radius 3 is 1.74 bits per heavy atom. The maximum absolute atomic E-state index is 13.2. The summed E-state index contributed by atoms with van der Waals surface area (Å²) in [6.07, 6.45) is 0. The number of halogens is 1. The van der Waals surface area contributed by atoms with Crippen LogP contribution in [0.5, 0.6) is 0 Å². The van der Waals surface area contributed by atoms with Gasteiger partial charge in [0.1, 0.15) is 0 Å².